The molecule has 0 radical (unpaired) electrons. The van der Waals surface area contributed by atoms with Gasteiger partial charge in [0.05, 0.1) is 16.7 Å². The molecule has 0 unspecified atom stereocenters. The summed E-state index contributed by atoms with van der Waals surface area (Å²) in [6, 6.07) is 12.7. The minimum absolute atomic E-state index is 0.0216. The van der Waals surface area contributed by atoms with Gasteiger partial charge in [0.15, 0.2) is 0 Å². The number of fused-ring (bicyclic) bond motifs is 1. The van der Waals surface area contributed by atoms with Gasteiger partial charge >= 0.3 is 6.18 Å². The maximum absolute atomic E-state index is 12.8. The smallest absolute Gasteiger partial charge is 0.416 e. The van der Waals surface area contributed by atoms with E-state index in [-0.39, 0.29) is 5.91 Å². The Bertz CT molecular complexity index is 857. The van der Waals surface area contributed by atoms with Gasteiger partial charge in [0.1, 0.15) is 12.4 Å². The topological polar surface area (TPSA) is 41.6 Å². The summed E-state index contributed by atoms with van der Waals surface area (Å²) >= 11 is 0. The molecule has 1 saturated heterocycles. The van der Waals surface area contributed by atoms with Gasteiger partial charge < -0.3 is 10.1 Å². The highest BCUT2D eigenvalue weighted by molar-refractivity contribution is 5.97. The summed E-state index contributed by atoms with van der Waals surface area (Å²) in [7, 11) is 0. The van der Waals surface area contributed by atoms with Crippen LogP contribution in [0.5, 0.6) is 5.75 Å². The van der Waals surface area contributed by atoms with E-state index in [0.717, 1.165) is 17.7 Å². The van der Waals surface area contributed by atoms with E-state index in [9.17, 15) is 18.0 Å². The Balaban J connectivity index is 1.39. The molecule has 0 aliphatic carbocycles. The summed E-state index contributed by atoms with van der Waals surface area (Å²) in [5, 5.41) is 2.98. The lowest BCUT2D eigenvalue weighted by Gasteiger charge is -2.39. The number of nitrogens with zero attached hydrogens (tertiary/aromatic N) is 1. The average molecular weight is 390 g/mol. The first-order valence-corrected chi connectivity index (χ1v) is 9.28. The second-order valence-corrected chi connectivity index (χ2v) is 7.49. The number of para-hydroxylation sites is 2. The number of rotatable bonds is 2. The van der Waals surface area contributed by atoms with Crippen molar-refractivity contribution in [2.24, 2.45) is 5.41 Å². The van der Waals surface area contributed by atoms with Crippen LogP contribution in [0.1, 0.15) is 24.0 Å². The van der Waals surface area contributed by atoms with Crippen LogP contribution in [0.15, 0.2) is 48.5 Å². The van der Waals surface area contributed by atoms with Crippen LogP contribution in [0.3, 0.4) is 0 Å². The Kier molecular flexibility index (Phi) is 4.79. The van der Waals surface area contributed by atoms with Crippen molar-refractivity contribution in [3.05, 3.63) is 59.7 Å². The highest BCUT2D eigenvalue weighted by Gasteiger charge is 2.44. The van der Waals surface area contributed by atoms with Gasteiger partial charge in [0.2, 0.25) is 5.91 Å². The van der Waals surface area contributed by atoms with Crippen LogP contribution < -0.4 is 10.1 Å². The van der Waals surface area contributed by atoms with Crippen molar-refractivity contribution in [1.29, 1.82) is 0 Å². The standard InChI is InChI=1S/C21H21F3N2O2/c22-21(23,24)16-7-5-15(6-8-16)13-26-11-9-20(10-12-26)14-28-18-4-2-1-3-17(18)25-19(20)27/h1-8H,9-14H2,(H,25,27). The zero-order chi connectivity index (χ0) is 19.8. The highest BCUT2D eigenvalue weighted by atomic mass is 19.4. The summed E-state index contributed by atoms with van der Waals surface area (Å²) in [5.74, 6) is 0.659. The number of amides is 1. The van der Waals surface area contributed by atoms with Gasteiger partial charge in [-0.1, -0.05) is 24.3 Å². The summed E-state index contributed by atoms with van der Waals surface area (Å²) in [6.45, 7) is 2.28. The van der Waals surface area contributed by atoms with Crippen LogP contribution in [0, 0.1) is 5.41 Å². The Morgan fingerprint density at radius 3 is 2.39 bits per heavy atom. The Morgan fingerprint density at radius 2 is 1.71 bits per heavy atom. The normalized spacial score (nSPS) is 19.5. The van der Waals surface area contributed by atoms with E-state index in [1.165, 1.54) is 12.1 Å². The number of alkyl halides is 3. The second kappa shape index (κ2) is 7.13. The SMILES string of the molecule is O=C1Nc2ccccc2OCC12CCN(Cc1ccc(C(F)(F)F)cc1)CC2. The first-order valence-electron chi connectivity index (χ1n) is 9.28. The fourth-order valence-electron chi connectivity index (χ4n) is 3.80. The quantitative estimate of drug-likeness (QED) is 0.831. The molecular weight excluding hydrogens is 369 g/mol. The van der Waals surface area contributed by atoms with Crippen molar-refractivity contribution in [3.8, 4) is 5.75 Å². The predicted molar refractivity (Wildman–Crippen MR) is 99.0 cm³/mol. The molecule has 2 aromatic rings. The third-order valence-electron chi connectivity index (χ3n) is 5.62. The molecule has 1 N–H and O–H groups in total. The van der Waals surface area contributed by atoms with Crippen molar-refractivity contribution in [2.75, 3.05) is 25.0 Å². The van der Waals surface area contributed by atoms with E-state index in [1.807, 2.05) is 24.3 Å². The Hall–Kier alpha value is -2.54. The van der Waals surface area contributed by atoms with Crippen molar-refractivity contribution in [1.82, 2.24) is 4.90 Å². The monoisotopic (exact) mass is 390 g/mol. The van der Waals surface area contributed by atoms with Crippen LogP contribution >= 0.6 is 0 Å². The van der Waals surface area contributed by atoms with Gasteiger partial charge in [-0.05, 0) is 55.8 Å². The molecule has 1 amide bonds. The molecule has 4 nitrogen and oxygen atoms in total. The van der Waals surface area contributed by atoms with Crippen LogP contribution in [0.25, 0.3) is 0 Å². The number of carbonyl (C=O) groups excluding carboxylic acids is 1. The Labute approximate surface area is 161 Å². The molecule has 28 heavy (non-hydrogen) atoms. The molecule has 2 aromatic carbocycles. The number of carbonyl (C=O) groups is 1. The lowest BCUT2D eigenvalue weighted by Crippen LogP contribution is -2.48. The molecule has 148 valence electrons. The third-order valence-corrected chi connectivity index (χ3v) is 5.62. The lowest BCUT2D eigenvalue weighted by molar-refractivity contribution is -0.137. The average Bonchev–Trinajstić information content (AvgIpc) is 2.81. The van der Waals surface area contributed by atoms with E-state index in [0.29, 0.717) is 50.5 Å². The molecule has 0 aromatic heterocycles. The number of nitrogens with one attached hydrogen (secondary N) is 1. The van der Waals surface area contributed by atoms with Crippen molar-refractivity contribution >= 4 is 11.6 Å². The summed E-state index contributed by atoms with van der Waals surface area (Å²) in [6.07, 6.45) is -3.03. The van der Waals surface area contributed by atoms with Crippen molar-refractivity contribution < 1.29 is 22.7 Å². The summed E-state index contributed by atoms with van der Waals surface area (Å²) in [5.41, 5.74) is 0.311. The van der Waals surface area contributed by atoms with E-state index in [4.69, 9.17) is 4.74 Å². The molecule has 0 saturated carbocycles. The molecule has 2 aliphatic heterocycles. The van der Waals surface area contributed by atoms with E-state index >= 15 is 0 Å². The number of halogens is 3. The molecule has 7 heteroatoms. The Morgan fingerprint density at radius 1 is 1.04 bits per heavy atom. The van der Waals surface area contributed by atoms with Gasteiger partial charge in [-0.25, -0.2) is 0 Å². The lowest BCUT2D eigenvalue weighted by atomic mass is 9.78. The van der Waals surface area contributed by atoms with E-state index < -0.39 is 17.2 Å². The van der Waals surface area contributed by atoms with Gasteiger partial charge in [-0.3, -0.25) is 9.69 Å². The number of piperidine rings is 1. The number of hydrogen-bond acceptors (Lipinski definition) is 3. The van der Waals surface area contributed by atoms with Crippen LogP contribution in [0.2, 0.25) is 0 Å². The van der Waals surface area contributed by atoms with Crippen molar-refractivity contribution in [2.45, 2.75) is 25.6 Å². The van der Waals surface area contributed by atoms with Gasteiger partial charge in [-0.15, -0.1) is 0 Å². The third kappa shape index (κ3) is 3.71. The summed E-state index contributed by atoms with van der Waals surface area (Å²) < 4.78 is 44.0. The van der Waals surface area contributed by atoms with E-state index in [2.05, 4.69) is 10.2 Å². The largest absolute Gasteiger partial charge is 0.490 e. The molecule has 1 fully saturated rings. The van der Waals surface area contributed by atoms with Gasteiger partial charge in [-0.2, -0.15) is 13.2 Å². The first kappa shape index (κ1) is 18.8. The molecular formula is C21H21F3N2O2. The minimum atomic E-state index is -4.32. The maximum Gasteiger partial charge on any atom is 0.416 e. The summed E-state index contributed by atoms with van der Waals surface area (Å²) in [4.78, 5) is 15.0. The van der Waals surface area contributed by atoms with Crippen LogP contribution in [-0.2, 0) is 17.5 Å². The fraction of sp³-hybridized carbons (Fsp3) is 0.381. The zero-order valence-electron chi connectivity index (χ0n) is 15.3. The zero-order valence-corrected chi connectivity index (χ0v) is 15.3. The maximum atomic E-state index is 12.8. The highest BCUT2D eigenvalue weighted by Crippen LogP contribution is 2.39. The predicted octanol–water partition coefficient (Wildman–Crippen LogP) is 4.32. The molecule has 0 bridgehead atoms. The number of hydrogen-bond donors (Lipinski definition) is 1. The van der Waals surface area contributed by atoms with Crippen LogP contribution in [0.4, 0.5) is 18.9 Å². The number of benzene rings is 2. The molecule has 4 rings (SSSR count). The minimum Gasteiger partial charge on any atom is -0.490 e. The molecule has 2 aliphatic rings. The number of ether oxygens (including phenoxy) is 1. The van der Waals surface area contributed by atoms with Gasteiger partial charge in [0.25, 0.3) is 0 Å². The van der Waals surface area contributed by atoms with Gasteiger partial charge in [0, 0.05) is 6.54 Å². The fourth-order valence-corrected chi connectivity index (χ4v) is 3.80. The molecule has 1 spiro atoms. The van der Waals surface area contributed by atoms with Crippen LogP contribution in [-0.4, -0.2) is 30.5 Å². The molecule has 2 heterocycles. The van der Waals surface area contributed by atoms with E-state index in [1.54, 1.807) is 0 Å². The van der Waals surface area contributed by atoms with Crippen molar-refractivity contribution in [3.63, 3.8) is 0 Å². The first-order chi connectivity index (χ1) is 13.4. The second-order valence-electron chi connectivity index (χ2n) is 7.49. The number of anilines is 1. The number of likely N-dealkylation sites (tertiary alicyclic amines) is 1. The molecule has 0 atom stereocenters.